The van der Waals surface area contributed by atoms with E-state index in [0.29, 0.717) is 19.6 Å². The van der Waals surface area contributed by atoms with E-state index in [2.05, 4.69) is 0 Å². The van der Waals surface area contributed by atoms with E-state index in [0.717, 1.165) is 12.8 Å². The Hall–Kier alpha value is -1.26. The summed E-state index contributed by atoms with van der Waals surface area (Å²) in [5, 5.41) is 0. The highest BCUT2D eigenvalue weighted by molar-refractivity contribution is 5.68. The fraction of sp³-hybridized carbons (Fsp3) is 0.833. The van der Waals surface area contributed by atoms with Gasteiger partial charge in [-0.05, 0) is 27.2 Å². The maximum absolute atomic E-state index is 11.9. The van der Waals surface area contributed by atoms with Crippen LogP contribution in [0.25, 0.3) is 0 Å². The molecule has 98 valence electrons. The highest BCUT2D eigenvalue weighted by Gasteiger charge is 2.30. The lowest BCUT2D eigenvalue weighted by atomic mass is 10.1. The summed E-state index contributed by atoms with van der Waals surface area (Å²) in [5.74, 6) is 0. The van der Waals surface area contributed by atoms with Crippen LogP contribution in [0.1, 0.15) is 34.1 Å². The first-order chi connectivity index (χ1) is 7.87. The summed E-state index contributed by atoms with van der Waals surface area (Å²) in [5.41, 5.74) is -0.472. The smallest absolute Gasteiger partial charge is 0.410 e. The predicted molar refractivity (Wildman–Crippen MR) is 64.7 cm³/mol. The number of rotatable bonds is 2. The maximum Gasteiger partial charge on any atom is 0.410 e. The molecule has 0 bridgehead atoms. The number of carbonyl (C=O) groups is 2. The zero-order chi connectivity index (χ0) is 13.1. The molecular weight excluding hydrogens is 220 g/mol. The highest BCUT2D eigenvalue weighted by Crippen LogP contribution is 2.15. The molecule has 0 aromatic heterocycles. The summed E-state index contributed by atoms with van der Waals surface area (Å²) in [7, 11) is 0. The van der Waals surface area contributed by atoms with Crippen molar-refractivity contribution in [1.29, 1.82) is 0 Å². The molecule has 2 amide bonds. The molecule has 17 heavy (non-hydrogen) atoms. The first-order valence-electron chi connectivity index (χ1n) is 6.06. The molecule has 0 aromatic rings. The van der Waals surface area contributed by atoms with Crippen molar-refractivity contribution in [3.63, 3.8) is 0 Å². The Labute approximate surface area is 103 Å². The highest BCUT2D eigenvalue weighted by atomic mass is 16.6. The van der Waals surface area contributed by atoms with Gasteiger partial charge in [-0.3, -0.25) is 4.79 Å². The van der Waals surface area contributed by atoms with Crippen molar-refractivity contribution in [2.45, 2.75) is 45.8 Å². The number of hydrogen-bond acceptors (Lipinski definition) is 3. The monoisotopic (exact) mass is 242 g/mol. The van der Waals surface area contributed by atoms with Gasteiger partial charge in [0.15, 0.2) is 0 Å². The van der Waals surface area contributed by atoms with E-state index < -0.39 is 5.60 Å². The van der Waals surface area contributed by atoms with E-state index in [1.807, 2.05) is 27.7 Å². The van der Waals surface area contributed by atoms with Crippen molar-refractivity contribution in [3.8, 4) is 0 Å². The van der Waals surface area contributed by atoms with Crippen molar-refractivity contribution >= 4 is 12.5 Å². The van der Waals surface area contributed by atoms with Crippen molar-refractivity contribution in [2.24, 2.45) is 0 Å². The normalized spacial score (nSPS) is 21.3. The van der Waals surface area contributed by atoms with E-state index in [-0.39, 0.29) is 12.1 Å². The molecule has 1 unspecified atom stereocenters. The lowest BCUT2D eigenvalue weighted by Crippen LogP contribution is -2.54. The number of piperazine rings is 1. The summed E-state index contributed by atoms with van der Waals surface area (Å²) in [6.45, 7) is 9.26. The van der Waals surface area contributed by atoms with Gasteiger partial charge in [-0.25, -0.2) is 4.79 Å². The summed E-state index contributed by atoms with van der Waals surface area (Å²) >= 11 is 0. The van der Waals surface area contributed by atoms with Gasteiger partial charge in [-0.15, -0.1) is 0 Å². The average Bonchev–Trinajstić information content (AvgIpc) is 2.25. The summed E-state index contributed by atoms with van der Waals surface area (Å²) in [6.07, 6.45) is 1.42. The molecule has 1 rings (SSSR count). The van der Waals surface area contributed by atoms with Gasteiger partial charge in [-0.2, -0.15) is 0 Å². The molecule has 5 nitrogen and oxygen atoms in total. The standard InChI is InChI=1S/C12H22N2O3/c1-5-10-8-13(6-7-14(10)9-15)11(16)17-12(2,3)4/h9-10H,5-8H2,1-4H3. The van der Waals surface area contributed by atoms with Crippen molar-refractivity contribution in [3.05, 3.63) is 0 Å². The third kappa shape index (κ3) is 3.91. The Bertz CT molecular complexity index is 286. The van der Waals surface area contributed by atoms with Crippen LogP contribution in [0.2, 0.25) is 0 Å². The average molecular weight is 242 g/mol. The van der Waals surface area contributed by atoms with Crippen LogP contribution in [0, 0.1) is 0 Å². The van der Waals surface area contributed by atoms with Crippen LogP contribution >= 0.6 is 0 Å². The van der Waals surface area contributed by atoms with E-state index in [4.69, 9.17) is 4.74 Å². The second kappa shape index (κ2) is 5.38. The van der Waals surface area contributed by atoms with E-state index in [1.165, 1.54) is 0 Å². The lowest BCUT2D eigenvalue weighted by Gasteiger charge is -2.39. The van der Waals surface area contributed by atoms with Gasteiger partial charge in [0.25, 0.3) is 0 Å². The molecule has 1 aliphatic heterocycles. The molecule has 0 N–H and O–H groups in total. The van der Waals surface area contributed by atoms with Crippen LogP contribution < -0.4 is 0 Å². The molecule has 1 fully saturated rings. The van der Waals surface area contributed by atoms with Gasteiger partial charge in [0.1, 0.15) is 5.60 Å². The second-order valence-corrected chi connectivity index (χ2v) is 5.33. The van der Waals surface area contributed by atoms with E-state index >= 15 is 0 Å². The molecule has 0 aliphatic carbocycles. The van der Waals surface area contributed by atoms with Crippen LogP contribution in [0.3, 0.4) is 0 Å². The molecule has 1 saturated heterocycles. The first kappa shape index (κ1) is 13.8. The third-order valence-electron chi connectivity index (χ3n) is 2.79. The van der Waals surface area contributed by atoms with E-state index in [9.17, 15) is 9.59 Å². The number of carbonyl (C=O) groups excluding carboxylic acids is 2. The molecule has 1 aliphatic rings. The van der Waals surface area contributed by atoms with Gasteiger partial charge in [0.05, 0.1) is 0 Å². The zero-order valence-electron chi connectivity index (χ0n) is 11.1. The Morgan fingerprint density at radius 3 is 2.53 bits per heavy atom. The lowest BCUT2D eigenvalue weighted by molar-refractivity contribution is -0.122. The van der Waals surface area contributed by atoms with E-state index in [1.54, 1.807) is 9.80 Å². The van der Waals surface area contributed by atoms with Crippen molar-refractivity contribution in [1.82, 2.24) is 9.80 Å². The van der Waals surface area contributed by atoms with Crippen molar-refractivity contribution < 1.29 is 14.3 Å². The van der Waals surface area contributed by atoms with Gasteiger partial charge in [0, 0.05) is 25.7 Å². The summed E-state index contributed by atoms with van der Waals surface area (Å²) < 4.78 is 5.32. The fourth-order valence-electron chi connectivity index (χ4n) is 1.86. The molecule has 0 radical (unpaired) electrons. The molecule has 1 atom stereocenters. The molecule has 5 heteroatoms. The molecular formula is C12H22N2O3. The van der Waals surface area contributed by atoms with Gasteiger partial charge in [-0.1, -0.05) is 6.92 Å². The summed E-state index contributed by atoms with van der Waals surface area (Å²) in [6, 6.07) is 0.105. The number of nitrogens with zero attached hydrogens (tertiary/aromatic N) is 2. The SMILES string of the molecule is CCC1CN(C(=O)OC(C)(C)C)CCN1C=O. The van der Waals surface area contributed by atoms with Crippen molar-refractivity contribution in [2.75, 3.05) is 19.6 Å². The number of amides is 2. The Balaban J connectivity index is 2.57. The maximum atomic E-state index is 11.9. The topological polar surface area (TPSA) is 49.9 Å². The minimum atomic E-state index is -0.472. The van der Waals surface area contributed by atoms with Crippen LogP contribution in [0.15, 0.2) is 0 Å². The quantitative estimate of drug-likeness (QED) is 0.689. The Morgan fingerprint density at radius 1 is 1.41 bits per heavy atom. The molecule has 0 aromatic carbocycles. The van der Waals surface area contributed by atoms with Gasteiger partial charge >= 0.3 is 6.09 Å². The number of ether oxygens (including phenoxy) is 1. The van der Waals surface area contributed by atoms with Crippen LogP contribution in [0.4, 0.5) is 4.79 Å². The molecule has 0 spiro atoms. The van der Waals surface area contributed by atoms with Crippen LogP contribution in [-0.4, -0.2) is 53.6 Å². The molecule has 1 heterocycles. The van der Waals surface area contributed by atoms with Crippen LogP contribution in [-0.2, 0) is 9.53 Å². The largest absolute Gasteiger partial charge is 0.444 e. The van der Waals surface area contributed by atoms with Crippen LogP contribution in [0.5, 0.6) is 0 Å². The van der Waals surface area contributed by atoms with Gasteiger partial charge < -0.3 is 14.5 Å². The predicted octanol–water partition coefficient (Wildman–Crippen LogP) is 1.47. The number of hydrogen-bond donors (Lipinski definition) is 0. The fourth-order valence-corrected chi connectivity index (χ4v) is 1.86. The molecule has 0 saturated carbocycles. The first-order valence-corrected chi connectivity index (χ1v) is 6.06. The van der Waals surface area contributed by atoms with Gasteiger partial charge in [0.2, 0.25) is 6.41 Å². The summed E-state index contributed by atoms with van der Waals surface area (Å²) in [4.78, 5) is 26.1. The Kier molecular flexibility index (Phi) is 4.37. The Morgan fingerprint density at radius 2 is 2.06 bits per heavy atom. The second-order valence-electron chi connectivity index (χ2n) is 5.33. The zero-order valence-corrected chi connectivity index (χ0v) is 11.1. The third-order valence-corrected chi connectivity index (χ3v) is 2.79. The minimum Gasteiger partial charge on any atom is -0.444 e. The minimum absolute atomic E-state index is 0.105.